The molecule has 0 amide bonds. The molecule has 0 N–H and O–H groups in total. The fourth-order valence-electron chi connectivity index (χ4n) is 3.75. The zero-order valence-electron chi connectivity index (χ0n) is 17.2. The van der Waals surface area contributed by atoms with Crippen molar-refractivity contribution in [3.63, 3.8) is 0 Å². The number of nitrogens with zero attached hydrogens (tertiary/aromatic N) is 3. The third kappa shape index (κ3) is 3.99. The highest BCUT2D eigenvalue weighted by molar-refractivity contribution is 5.81. The van der Waals surface area contributed by atoms with E-state index >= 15 is 0 Å². The van der Waals surface area contributed by atoms with E-state index in [9.17, 15) is 0 Å². The molecule has 3 nitrogen and oxygen atoms in total. The Morgan fingerprint density at radius 2 is 0.968 bits per heavy atom. The van der Waals surface area contributed by atoms with Gasteiger partial charge in [0.1, 0.15) is 5.82 Å². The summed E-state index contributed by atoms with van der Waals surface area (Å²) >= 11 is 0. The van der Waals surface area contributed by atoms with Gasteiger partial charge in [0.05, 0.1) is 0 Å². The molecule has 0 unspecified atom stereocenters. The zero-order chi connectivity index (χ0) is 21.0. The molecule has 4 aromatic carbocycles. The van der Waals surface area contributed by atoms with Crippen molar-refractivity contribution in [1.82, 2.24) is 15.0 Å². The number of aromatic nitrogens is 3. The Labute approximate surface area is 182 Å². The second-order valence-electron chi connectivity index (χ2n) is 7.39. The maximum atomic E-state index is 4.87. The molecule has 0 bridgehead atoms. The molecule has 148 valence electrons. The zero-order valence-corrected chi connectivity index (χ0v) is 17.2. The summed E-state index contributed by atoms with van der Waals surface area (Å²) in [5.41, 5.74) is 6.54. The first kappa shape index (κ1) is 18.9. The maximum absolute atomic E-state index is 4.87. The Bertz CT molecular complexity index is 1330. The summed E-state index contributed by atoms with van der Waals surface area (Å²) in [6.07, 6.45) is 0. The average molecular weight is 399 g/mol. The van der Waals surface area contributed by atoms with E-state index in [1.807, 2.05) is 67.6 Å². The van der Waals surface area contributed by atoms with E-state index in [0.717, 1.165) is 27.8 Å². The van der Waals surface area contributed by atoms with Gasteiger partial charge < -0.3 is 0 Å². The summed E-state index contributed by atoms with van der Waals surface area (Å²) in [5, 5.41) is 0. The molecule has 0 saturated carbocycles. The van der Waals surface area contributed by atoms with Crippen LogP contribution in [0.5, 0.6) is 0 Å². The van der Waals surface area contributed by atoms with Crippen molar-refractivity contribution in [3.8, 4) is 45.0 Å². The highest BCUT2D eigenvalue weighted by Gasteiger charge is 2.13. The fourth-order valence-corrected chi connectivity index (χ4v) is 3.75. The summed E-state index contributed by atoms with van der Waals surface area (Å²) in [6, 6.07) is 37.3. The molecule has 0 spiro atoms. The molecule has 31 heavy (non-hydrogen) atoms. The Morgan fingerprint density at radius 3 is 1.71 bits per heavy atom. The monoisotopic (exact) mass is 399 g/mol. The highest BCUT2D eigenvalue weighted by atomic mass is 15.0. The molecule has 0 aliphatic rings. The normalized spacial score (nSPS) is 10.7. The molecule has 5 aromatic rings. The Hall–Kier alpha value is -4.11. The number of rotatable bonds is 4. The molecular formula is C28H21N3. The number of hydrogen-bond acceptors (Lipinski definition) is 3. The lowest BCUT2D eigenvalue weighted by Gasteiger charge is -2.11. The summed E-state index contributed by atoms with van der Waals surface area (Å²) in [6.45, 7) is 1.92. The number of hydrogen-bond donors (Lipinski definition) is 0. The molecule has 0 radical (unpaired) electrons. The van der Waals surface area contributed by atoms with Gasteiger partial charge in [0.25, 0.3) is 0 Å². The summed E-state index contributed by atoms with van der Waals surface area (Å²) < 4.78 is 0. The standard InChI is InChI=1S/C28H21N3/c1-20-29-27(24-16-10-15-23(19-24)21-11-4-2-5-12-21)31-28(30-20)26-18-9-8-17-25(26)22-13-6-3-7-14-22/h2-19H,1H3. The van der Waals surface area contributed by atoms with E-state index < -0.39 is 0 Å². The topological polar surface area (TPSA) is 38.7 Å². The molecule has 0 aliphatic carbocycles. The van der Waals surface area contributed by atoms with Crippen molar-refractivity contribution in [1.29, 1.82) is 0 Å². The first-order chi connectivity index (χ1) is 15.3. The van der Waals surface area contributed by atoms with E-state index in [4.69, 9.17) is 4.98 Å². The molecular weight excluding hydrogens is 378 g/mol. The Kier molecular flexibility index (Phi) is 5.07. The summed E-state index contributed by atoms with van der Waals surface area (Å²) in [5.74, 6) is 2.07. The minimum absolute atomic E-state index is 0.683. The van der Waals surface area contributed by atoms with Crippen molar-refractivity contribution in [2.24, 2.45) is 0 Å². The molecule has 1 aromatic heterocycles. The second kappa shape index (κ2) is 8.33. The van der Waals surface area contributed by atoms with E-state index in [-0.39, 0.29) is 0 Å². The van der Waals surface area contributed by atoms with E-state index in [1.54, 1.807) is 0 Å². The van der Waals surface area contributed by atoms with Crippen LogP contribution in [0.25, 0.3) is 45.0 Å². The SMILES string of the molecule is Cc1nc(-c2cccc(-c3ccccc3)c2)nc(-c2ccccc2-c2ccccc2)n1. The van der Waals surface area contributed by atoms with Crippen molar-refractivity contribution >= 4 is 0 Å². The third-order valence-electron chi connectivity index (χ3n) is 5.23. The summed E-state index contributed by atoms with van der Waals surface area (Å²) in [4.78, 5) is 14.2. The van der Waals surface area contributed by atoms with E-state index in [0.29, 0.717) is 17.5 Å². The number of aryl methyl sites for hydroxylation is 1. The Balaban J connectivity index is 1.61. The van der Waals surface area contributed by atoms with Gasteiger partial charge in [-0.3, -0.25) is 0 Å². The van der Waals surface area contributed by atoms with E-state index in [1.165, 1.54) is 5.56 Å². The fraction of sp³-hybridized carbons (Fsp3) is 0.0357. The third-order valence-corrected chi connectivity index (χ3v) is 5.23. The summed E-state index contributed by atoms with van der Waals surface area (Å²) in [7, 11) is 0. The molecule has 0 aliphatic heterocycles. The van der Waals surface area contributed by atoms with E-state index in [2.05, 4.69) is 58.5 Å². The van der Waals surface area contributed by atoms with Crippen molar-refractivity contribution < 1.29 is 0 Å². The van der Waals surface area contributed by atoms with Gasteiger partial charge in [-0.2, -0.15) is 0 Å². The van der Waals surface area contributed by atoms with Crippen LogP contribution in [0.15, 0.2) is 109 Å². The predicted octanol–water partition coefficient (Wildman–Crippen LogP) is 6.85. The van der Waals surface area contributed by atoms with Crippen molar-refractivity contribution in [2.45, 2.75) is 6.92 Å². The smallest absolute Gasteiger partial charge is 0.164 e. The quantitative estimate of drug-likeness (QED) is 0.332. The van der Waals surface area contributed by atoms with Crippen LogP contribution >= 0.6 is 0 Å². The van der Waals surface area contributed by atoms with Gasteiger partial charge in [0.15, 0.2) is 11.6 Å². The lowest BCUT2D eigenvalue weighted by atomic mass is 9.99. The van der Waals surface area contributed by atoms with Crippen LogP contribution in [0.4, 0.5) is 0 Å². The lowest BCUT2D eigenvalue weighted by molar-refractivity contribution is 0.992. The van der Waals surface area contributed by atoms with Crippen LogP contribution < -0.4 is 0 Å². The minimum atomic E-state index is 0.683. The van der Waals surface area contributed by atoms with Crippen molar-refractivity contribution in [3.05, 3.63) is 115 Å². The molecule has 5 rings (SSSR count). The predicted molar refractivity (Wildman–Crippen MR) is 126 cm³/mol. The van der Waals surface area contributed by atoms with Crippen LogP contribution in [-0.2, 0) is 0 Å². The van der Waals surface area contributed by atoms with Gasteiger partial charge >= 0.3 is 0 Å². The van der Waals surface area contributed by atoms with Gasteiger partial charge in [-0.25, -0.2) is 15.0 Å². The van der Waals surface area contributed by atoms with Gasteiger partial charge in [-0.1, -0.05) is 103 Å². The van der Waals surface area contributed by atoms with Gasteiger partial charge in [-0.15, -0.1) is 0 Å². The minimum Gasteiger partial charge on any atom is -0.213 e. The van der Waals surface area contributed by atoms with Crippen LogP contribution in [0.3, 0.4) is 0 Å². The van der Waals surface area contributed by atoms with Crippen LogP contribution in [-0.4, -0.2) is 15.0 Å². The van der Waals surface area contributed by atoms with Crippen molar-refractivity contribution in [2.75, 3.05) is 0 Å². The first-order valence-corrected chi connectivity index (χ1v) is 10.3. The number of benzene rings is 4. The average Bonchev–Trinajstić information content (AvgIpc) is 2.85. The largest absolute Gasteiger partial charge is 0.213 e. The molecule has 0 fully saturated rings. The Morgan fingerprint density at radius 1 is 0.419 bits per heavy atom. The highest BCUT2D eigenvalue weighted by Crippen LogP contribution is 2.31. The molecule has 0 saturated heterocycles. The lowest BCUT2D eigenvalue weighted by Crippen LogP contribution is -2.00. The van der Waals surface area contributed by atoms with Gasteiger partial charge in [0, 0.05) is 11.1 Å². The van der Waals surface area contributed by atoms with Crippen LogP contribution in [0.1, 0.15) is 5.82 Å². The molecule has 0 atom stereocenters. The van der Waals surface area contributed by atoms with Gasteiger partial charge in [0.2, 0.25) is 0 Å². The second-order valence-corrected chi connectivity index (χ2v) is 7.39. The molecule has 1 heterocycles. The van der Waals surface area contributed by atoms with Crippen LogP contribution in [0.2, 0.25) is 0 Å². The maximum Gasteiger partial charge on any atom is 0.164 e. The van der Waals surface area contributed by atoms with Gasteiger partial charge in [-0.05, 0) is 35.2 Å². The first-order valence-electron chi connectivity index (χ1n) is 10.3. The molecule has 3 heteroatoms. The van der Waals surface area contributed by atoms with Crippen LogP contribution in [0, 0.1) is 6.92 Å².